The van der Waals surface area contributed by atoms with Gasteiger partial charge in [0.1, 0.15) is 0 Å². The molecule has 0 aromatic heterocycles. The van der Waals surface area contributed by atoms with Crippen LogP contribution < -0.4 is 0 Å². The van der Waals surface area contributed by atoms with E-state index in [1.54, 1.807) is 5.56 Å². The second-order valence-electron chi connectivity index (χ2n) is 5.70. The minimum atomic E-state index is 0.340. The number of aliphatic hydroxyl groups is 1. The molecule has 1 saturated heterocycles. The summed E-state index contributed by atoms with van der Waals surface area (Å²) in [7, 11) is 0. The fourth-order valence-corrected chi connectivity index (χ4v) is 4.69. The fraction of sp³-hybridized carbons (Fsp3) is 0.625. The zero-order valence-electron chi connectivity index (χ0n) is 11.4. The van der Waals surface area contributed by atoms with Crippen LogP contribution in [0.3, 0.4) is 0 Å². The lowest BCUT2D eigenvalue weighted by atomic mass is 10.00. The number of hydrogen-bond donors (Lipinski definition) is 1. The highest BCUT2D eigenvalue weighted by molar-refractivity contribution is 7.99. The van der Waals surface area contributed by atoms with Gasteiger partial charge in [0.2, 0.25) is 0 Å². The van der Waals surface area contributed by atoms with E-state index in [1.165, 1.54) is 36.6 Å². The first kappa shape index (κ1) is 13.5. The Morgan fingerprint density at radius 1 is 1.32 bits per heavy atom. The molecule has 0 aliphatic carbocycles. The molecule has 2 aliphatic rings. The van der Waals surface area contributed by atoms with Gasteiger partial charge < -0.3 is 5.11 Å². The van der Waals surface area contributed by atoms with E-state index in [1.807, 2.05) is 11.8 Å². The summed E-state index contributed by atoms with van der Waals surface area (Å²) in [6.45, 7) is 2.80. The van der Waals surface area contributed by atoms with Crippen LogP contribution in [0.15, 0.2) is 29.2 Å². The van der Waals surface area contributed by atoms with Crippen molar-refractivity contribution in [1.82, 2.24) is 4.90 Å². The molecule has 1 aromatic rings. The van der Waals surface area contributed by atoms with E-state index in [0.717, 1.165) is 12.8 Å². The summed E-state index contributed by atoms with van der Waals surface area (Å²) >= 11 is 2.01. The zero-order chi connectivity index (χ0) is 13.1. The highest BCUT2D eigenvalue weighted by atomic mass is 32.2. The highest BCUT2D eigenvalue weighted by Crippen LogP contribution is 2.40. The van der Waals surface area contributed by atoms with Crippen molar-refractivity contribution >= 4 is 11.8 Å². The first-order chi connectivity index (χ1) is 9.38. The van der Waals surface area contributed by atoms with Crippen molar-refractivity contribution in [2.24, 2.45) is 0 Å². The Balaban J connectivity index is 1.62. The summed E-state index contributed by atoms with van der Waals surface area (Å²) in [5.41, 5.74) is 1.56. The third-order valence-electron chi connectivity index (χ3n) is 4.45. The molecule has 3 heteroatoms. The fourth-order valence-electron chi connectivity index (χ4n) is 3.45. The van der Waals surface area contributed by atoms with Gasteiger partial charge in [-0.05, 0) is 43.9 Å². The zero-order valence-corrected chi connectivity index (χ0v) is 12.2. The molecule has 1 N–H and O–H groups in total. The highest BCUT2D eigenvalue weighted by Gasteiger charge is 2.30. The Morgan fingerprint density at radius 3 is 3.11 bits per heavy atom. The average molecular weight is 277 g/mol. The number of nitrogens with zero attached hydrogens (tertiary/aromatic N) is 1. The Kier molecular flexibility index (Phi) is 4.46. The molecule has 2 nitrogen and oxygen atoms in total. The van der Waals surface area contributed by atoms with E-state index >= 15 is 0 Å². The number of aliphatic hydroxyl groups excluding tert-OH is 1. The van der Waals surface area contributed by atoms with Gasteiger partial charge in [0.05, 0.1) is 0 Å². The average Bonchev–Trinajstić information content (AvgIpc) is 3.05. The van der Waals surface area contributed by atoms with E-state index in [0.29, 0.717) is 18.6 Å². The summed E-state index contributed by atoms with van der Waals surface area (Å²) in [5.74, 6) is 1.94. The molecule has 104 valence electrons. The van der Waals surface area contributed by atoms with Crippen molar-refractivity contribution in [3.8, 4) is 0 Å². The molecule has 1 fully saturated rings. The van der Waals surface area contributed by atoms with Crippen molar-refractivity contribution in [1.29, 1.82) is 0 Å². The largest absolute Gasteiger partial charge is 0.396 e. The summed E-state index contributed by atoms with van der Waals surface area (Å²) in [6, 6.07) is 9.59. The van der Waals surface area contributed by atoms with Gasteiger partial charge in [-0.15, -0.1) is 11.8 Å². The number of fused-ring (bicyclic) bond motifs is 1. The predicted molar refractivity (Wildman–Crippen MR) is 80.8 cm³/mol. The van der Waals surface area contributed by atoms with Gasteiger partial charge >= 0.3 is 0 Å². The minimum Gasteiger partial charge on any atom is -0.396 e. The molecule has 3 rings (SSSR count). The van der Waals surface area contributed by atoms with Crippen LogP contribution >= 0.6 is 11.8 Å². The van der Waals surface area contributed by atoms with Crippen molar-refractivity contribution in [2.45, 2.75) is 42.5 Å². The van der Waals surface area contributed by atoms with Gasteiger partial charge in [0.25, 0.3) is 0 Å². The molecular formula is C16H23NOS. The third-order valence-corrected chi connectivity index (χ3v) is 5.70. The van der Waals surface area contributed by atoms with Crippen LogP contribution in [-0.2, 0) is 0 Å². The molecule has 0 saturated carbocycles. The third kappa shape index (κ3) is 2.99. The van der Waals surface area contributed by atoms with Gasteiger partial charge in [-0.3, -0.25) is 4.90 Å². The second kappa shape index (κ2) is 6.29. The number of rotatable bonds is 5. The summed E-state index contributed by atoms with van der Waals surface area (Å²) in [6.07, 6.45) is 4.77. The monoisotopic (exact) mass is 277 g/mol. The molecule has 0 amide bonds. The molecule has 19 heavy (non-hydrogen) atoms. The van der Waals surface area contributed by atoms with E-state index < -0.39 is 0 Å². The Morgan fingerprint density at radius 2 is 2.21 bits per heavy atom. The molecular weight excluding hydrogens is 254 g/mol. The Labute approximate surface area is 120 Å². The molecule has 0 spiro atoms. The van der Waals surface area contributed by atoms with Crippen LogP contribution in [0.4, 0.5) is 0 Å². The lowest BCUT2D eigenvalue weighted by molar-refractivity contribution is 0.210. The van der Waals surface area contributed by atoms with Crippen molar-refractivity contribution in [2.75, 3.05) is 25.4 Å². The van der Waals surface area contributed by atoms with E-state index in [4.69, 9.17) is 5.11 Å². The molecule has 0 bridgehead atoms. The quantitative estimate of drug-likeness (QED) is 0.894. The van der Waals surface area contributed by atoms with Gasteiger partial charge in [0.15, 0.2) is 0 Å². The van der Waals surface area contributed by atoms with E-state index in [9.17, 15) is 0 Å². The van der Waals surface area contributed by atoms with Crippen LogP contribution in [0.5, 0.6) is 0 Å². The SMILES string of the molecule is OCCCC1CCCN1CC1CSc2ccccc21. The molecule has 2 atom stereocenters. The topological polar surface area (TPSA) is 23.5 Å². The number of benzene rings is 1. The lowest BCUT2D eigenvalue weighted by Gasteiger charge is -2.27. The molecule has 2 unspecified atom stereocenters. The smallest absolute Gasteiger partial charge is 0.0431 e. The normalized spacial score (nSPS) is 26.8. The molecule has 1 aromatic carbocycles. The molecule has 0 radical (unpaired) electrons. The van der Waals surface area contributed by atoms with Crippen LogP contribution in [0.25, 0.3) is 0 Å². The number of hydrogen-bond acceptors (Lipinski definition) is 3. The van der Waals surface area contributed by atoms with Crippen LogP contribution in [0.2, 0.25) is 0 Å². The second-order valence-corrected chi connectivity index (χ2v) is 6.76. The van der Waals surface area contributed by atoms with Gasteiger partial charge in [-0.25, -0.2) is 0 Å². The summed E-state index contributed by atoms with van der Waals surface area (Å²) in [5, 5.41) is 9.01. The molecule has 2 heterocycles. The summed E-state index contributed by atoms with van der Waals surface area (Å²) < 4.78 is 0. The van der Waals surface area contributed by atoms with Crippen LogP contribution in [0, 0.1) is 0 Å². The number of thioether (sulfide) groups is 1. The van der Waals surface area contributed by atoms with Crippen molar-refractivity contribution in [3.63, 3.8) is 0 Å². The number of likely N-dealkylation sites (tertiary alicyclic amines) is 1. The van der Waals surface area contributed by atoms with E-state index in [2.05, 4.69) is 29.2 Å². The standard InChI is InChI=1S/C16H23NOS/c18-10-4-6-14-5-3-9-17(14)11-13-12-19-16-8-2-1-7-15(13)16/h1-2,7-8,13-14,18H,3-6,9-12H2. The Hall–Kier alpha value is -0.510. The maximum absolute atomic E-state index is 9.01. The van der Waals surface area contributed by atoms with Gasteiger partial charge in [0, 0.05) is 35.8 Å². The van der Waals surface area contributed by atoms with Gasteiger partial charge in [-0.2, -0.15) is 0 Å². The van der Waals surface area contributed by atoms with Crippen LogP contribution in [0.1, 0.15) is 37.2 Å². The molecule has 2 aliphatic heterocycles. The van der Waals surface area contributed by atoms with Gasteiger partial charge in [-0.1, -0.05) is 18.2 Å². The van der Waals surface area contributed by atoms with Crippen molar-refractivity contribution < 1.29 is 5.11 Å². The Bertz CT molecular complexity index is 423. The van der Waals surface area contributed by atoms with Crippen LogP contribution in [-0.4, -0.2) is 41.5 Å². The lowest BCUT2D eigenvalue weighted by Crippen LogP contribution is -2.33. The first-order valence-electron chi connectivity index (χ1n) is 7.45. The predicted octanol–water partition coefficient (Wildman–Crippen LogP) is 3.11. The minimum absolute atomic E-state index is 0.340. The maximum atomic E-state index is 9.01. The first-order valence-corrected chi connectivity index (χ1v) is 8.43. The maximum Gasteiger partial charge on any atom is 0.0431 e. The summed E-state index contributed by atoms with van der Waals surface area (Å²) in [4.78, 5) is 4.15. The van der Waals surface area contributed by atoms with Crippen molar-refractivity contribution in [3.05, 3.63) is 29.8 Å². The van der Waals surface area contributed by atoms with E-state index in [-0.39, 0.29) is 0 Å².